The van der Waals surface area contributed by atoms with Crippen LogP contribution in [0.1, 0.15) is 47.0 Å². The molecule has 1 saturated heterocycles. The van der Waals surface area contributed by atoms with Crippen LogP contribution < -0.4 is 0 Å². The first kappa shape index (κ1) is 23.6. The monoisotopic (exact) mass is 484 g/mol. The Bertz CT molecular complexity index is 1250. The second-order valence-electron chi connectivity index (χ2n) is 9.02. The van der Waals surface area contributed by atoms with Gasteiger partial charge in [-0.3, -0.25) is 9.78 Å². The van der Waals surface area contributed by atoms with Gasteiger partial charge in [-0.05, 0) is 60.2 Å². The van der Waals surface area contributed by atoms with Gasteiger partial charge in [0.05, 0.1) is 23.9 Å². The molecule has 0 amide bonds. The van der Waals surface area contributed by atoms with E-state index in [4.69, 9.17) is 4.74 Å². The van der Waals surface area contributed by atoms with Crippen LogP contribution in [0.2, 0.25) is 0 Å². The van der Waals surface area contributed by atoms with Crippen LogP contribution in [-0.2, 0) is 11.2 Å². The first-order valence-electron chi connectivity index (χ1n) is 11.4. The fourth-order valence-electron chi connectivity index (χ4n) is 4.58. The van der Waals surface area contributed by atoms with Crippen molar-refractivity contribution in [1.82, 2.24) is 9.97 Å². The van der Waals surface area contributed by atoms with Gasteiger partial charge in [0.25, 0.3) is 0 Å². The van der Waals surface area contributed by atoms with E-state index in [2.05, 4.69) is 9.97 Å². The highest BCUT2D eigenvalue weighted by atomic mass is 19.1. The second kappa shape index (κ2) is 9.49. The summed E-state index contributed by atoms with van der Waals surface area (Å²) in [5.41, 5.74) is -0.221. The van der Waals surface area contributed by atoms with Gasteiger partial charge in [0, 0.05) is 25.2 Å². The number of pyridine rings is 2. The van der Waals surface area contributed by atoms with E-state index in [1.807, 2.05) is 0 Å². The van der Waals surface area contributed by atoms with Crippen molar-refractivity contribution in [2.45, 2.75) is 50.1 Å². The lowest BCUT2D eigenvalue weighted by molar-refractivity contribution is -0.177. The van der Waals surface area contributed by atoms with Crippen LogP contribution in [0.3, 0.4) is 0 Å². The number of benzene rings is 1. The van der Waals surface area contributed by atoms with Gasteiger partial charge in [0.1, 0.15) is 34.9 Å². The Morgan fingerprint density at radius 2 is 1.77 bits per heavy atom. The molecule has 0 bridgehead atoms. The summed E-state index contributed by atoms with van der Waals surface area (Å²) in [6.45, 7) is 0. The molecule has 2 aliphatic rings. The molecule has 2 fully saturated rings. The molecule has 4 atom stereocenters. The van der Waals surface area contributed by atoms with Crippen molar-refractivity contribution in [3.8, 4) is 11.3 Å². The molecule has 6 nitrogen and oxygen atoms in total. The maximum absolute atomic E-state index is 14.4. The van der Waals surface area contributed by atoms with Gasteiger partial charge in [-0.25, -0.2) is 18.2 Å². The summed E-state index contributed by atoms with van der Waals surface area (Å²) in [5, 5.41) is 20.7. The number of hydrogen-bond donors (Lipinski definition) is 2. The molecule has 5 rings (SSSR count). The van der Waals surface area contributed by atoms with Crippen LogP contribution in [-0.4, -0.2) is 44.3 Å². The summed E-state index contributed by atoms with van der Waals surface area (Å²) in [7, 11) is 0. The third-order valence-corrected chi connectivity index (χ3v) is 6.56. The predicted octanol–water partition coefficient (Wildman–Crippen LogP) is 3.95. The van der Waals surface area contributed by atoms with Crippen LogP contribution in [0.5, 0.6) is 0 Å². The fourth-order valence-corrected chi connectivity index (χ4v) is 4.58. The normalized spacial score (nSPS) is 24.4. The van der Waals surface area contributed by atoms with Gasteiger partial charge in [0.15, 0.2) is 5.78 Å². The molecule has 182 valence electrons. The summed E-state index contributed by atoms with van der Waals surface area (Å²) in [6, 6.07) is 6.94. The average molecular weight is 484 g/mol. The van der Waals surface area contributed by atoms with Crippen molar-refractivity contribution in [3.63, 3.8) is 0 Å². The van der Waals surface area contributed by atoms with Crippen molar-refractivity contribution < 1.29 is 32.9 Å². The Kier molecular flexibility index (Phi) is 6.39. The highest BCUT2D eigenvalue weighted by Crippen LogP contribution is 2.43. The summed E-state index contributed by atoms with van der Waals surface area (Å²) in [5.74, 6) is -3.25. The molecular formula is C26H23F3N2O4. The first-order chi connectivity index (χ1) is 16.8. The largest absolute Gasteiger partial charge is 0.390 e. The Balaban J connectivity index is 1.42. The number of nitrogens with zero attached hydrogens (tertiary/aromatic N) is 2. The lowest BCUT2D eigenvalue weighted by atomic mass is 9.89. The Morgan fingerprint density at radius 1 is 1.03 bits per heavy atom. The highest BCUT2D eigenvalue weighted by Gasteiger charge is 2.45. The van der Waals surface area contributed by atoms with E-state index in [0.29, 0.717) is 11.1 Å². The van der Waals surface area contributed by atoms with Crippen LogP contribution in [0, 0.1) is 23.4 Å². The average Bonchev–Trinajstić information content (AvgIpc) is 3.67. The molecule has 0 spiro atoms. The minimum atomic E-state index is -0.990. The number of halogens is 3. The van der Waals surface area contributed by atoms with Crippen LogP contribution >= 0.6 is 0 Å². The van der Waals surface area contributed by atoms with Crippen molar-refractivity contribution in [1.29, 1.82) is 0 Å². The standard InChI is InChI=1S/C26H23F3N2O4/c27-16-2-1-3-17(28)23(16)24-18(29)6-7-19(31-24)20(32)10-14-12-30-9-8-15(14)22-11-21(33)25(34)26(35-22)13-4-5-13/h1-3,6-9,12-13,21-22,25-26,33-34H,4-5,10-11H2/t21-,22-,25+,26-/m1/s1. The maximum Gasteiger partial charge on any atom is 0.185 e. The lowest BCUT2D eigenvalue weighted by Gasteiger charge is -2.38. The van der Waals surface area contributed by atoms with E-state index in [1.165, 1.54) is 6.20 Å². The number of hydrogen-bond acceptors (Lipinski definition) is 6. The zero-order chi connectivity index (χ0) is 24.7. The molecule has 0 radical (unpaired) electrons. The van der Waals surface area contributed by atoms with Crippen molar-refractivity contribution in [2.75, 3.05) is 0 Å². The fraction of sp³-hybridized carbons (Fsp3) is 0.346. The molecule has 1 aromatic carbocycles. The zero-order valence-electron chi connectivity index (χ0n) is 18.6. The summed E-state index contributed by atoms with van der Waals surface area (Å²) >= 11 is 0. The SMILES string of the molecule is O=C(Cc1cnccc1[C@H]1C[C@@H](O)[C@H](O)[C@@H](C2CC2)O1)c1ccc(F)c(-c2c(F)cccc2F)n1. The molecule has 1 aliphatic carbocycles. The number of rotatable bonds is 6. The summed E-state index contributed by atoms with van der Waals surface area (Å²) < 4.78 is 49.0. The van der Waals surface area contributed by atoms with E-state index >= 15 is 0 Å². The van der Waals surface area contributed by atoms with Gasteiger partial charge >= 0.3 is 0 Å². The molecule has 1 saturated carbocycles. The second-order valence-corrected chi connectivity index (χ2v) is 9.02. The third kappa shape index (κ3) is 4.71. The molecule has 35 heavy (non-hydrogen) atoms. The molecule has 3 heterocycles. The Labute approximate surface area is 199 Å². The molecule has 1 aliphatic heterocycles. The van der Waals surface area contributed by atoms with Gasteiger partial charge < -0.3 is 14.9 Å². The van der Waals surface area contributed by atoms with Crippen molar-refractivity contribution in [2.24, 2.45) is 5.92 Å². The maximum atomic E-state index is 14.4. The van der Waals surface area contributed by atoms with Crippen LogP contribution in [0.15, 0.2) is 48.8 Å². The smallest absolute Gasteiger partial charge is 0.185 e. The molecule has 9 heteroatoms. The minimum Gasteiger partial charge on any atom is -0.390 e. The topological polar surface area (TPSA) is 92.5 Å². The minimum absolute atomic E-state index is 0.154. The van der Waals surface area contributed by atoms with E-state index in [-0.39, 0.29) is 24.5 Å². The number of carbonyl (C=O) groups is 1. The lowest BCUT2D eigenvalue weighted by Crippen LogP contribution is -2.46. The van der Waals surface area contributed by atoms with E-state index in [0.717, 1.165) is 43.2 Å². The zero-order valence-corrected chi connectivity index (χ0v) is 18.6. The molecule has 0 unspecified atom stereocenters. The van der Waals surface area contributed by atoms with Gasteiger partial charge in [-0.15, -0.1) is 0 Å². The number of Topliss-reactive ketones (excluding diaryl/α,β-unsaturated/α-hetero) is 1. The van der Waals surface area contributed by atoms with Crippen LogP contribution in [0.25, 0.3) is 11.3 Å². The van der Waals surface area contributed by atoms with Crippen molar-refractivity contribution in [3.05, 3.63) is 83.1 Å². The molecule has 3 aromatic rings. The quantitative estimate of drug-likeness (QED) is 0.515. The number of aromatic nitrogens is 2. The van der Waals surface area contributed by atoms with Crippen LogP contribution in [0.4, 0.5) is 13.2 Å². The van der Waals surface area contributed by atoms with Gasteiger partial charge in [-0.1, -0.05) is 6.07 Å². The summed E-state index contributed by atoms with van der Waals surface area (Å²) in [4.78, 5) is 21.1. The third-order valence-electron chi connectivity index (χ3n) is 6.56. The van der Waals surface area contributed by atoms with Gasteiger partial charge in [0.2, 0.25) is 0 Å². The Hall–Kier alpha value is -3.14. The van der Waals surface area contributed by atoms with E-state index < -0.39 is 58.9 Å². The molecule has 2 N–H and O–H groups in total. The molecule has 2 aromatic heterocycles. The predicted molar refractivity (Wildman–Crippen MR) is 119 cm³/mol. The Morgan fingerprint density at radius 3 is 2.49 bits per heavy atom. The van der Waals surface area contributed by atoms with E-state index in [9.17, 15) is 28.2 Å². The number of aliphatic hydroxyl groups excluding tert-OH is 2. The highest BCUT2D eigenvalue weighted by molar-refractivity contribution is 5.96. The van der Waals surface area contributed by atoms with Gasteiger partial charge in [-0.2, -0.15) is 0 Å². The number of aliphatic hydroxyl groups is 2. The first-order valence-corrected chi connectivity index (χ1v) is 11.4. The number of carbonyl (C=O) groups excluding carboxylic acids is 1. The summed E-state index contributed by atoms with van der Waals surface area (Å²) in [6.07, 6.45) is 1.90. The van der Waals surface area contributed by atoms with E-state index in [1.54, 1.807) is 12.3 Å². The number of ketones is 1. The van der Waals surface area contributed by atoms with Crippen molar-refractivity contribution >= 4 is 5.78 Å². The molecular weight excluding hydrogens is 461 g/mol. The number of ether oxygens (including phenoxy) is 1.